The Morgan fingerprint density at radius 1 is 1.16 bits per heavy atom. The fourth-order valence-corrected chi connectivity index (χ4v) is 1.92. The highest BCUT2D eigenvalue weighted by molar-refractivity contribution is 5.33. The zero-order valence-electron chi connectivity index (χ0n) is 12.8. The first-order valence-electron chi connectivity index (χ1n) is 7.19. The molecular weight excluding hydrogens is 236 g/mol. The molecule has 0 aliphatic carbocycles. The molecule has 0 saturated heterocycles. The number of nitrogens with one attached hydrogen (secondary N) is 1. The normalized spacial score (nSPS) is 11.3. The van der Waals surface area contributed by atoms with Crippen molar-refractivity contribution in [1.29, 1.82) is 0 Å². The van der Waals surface area contributed by atoms with Crippen molar-refractivity contribution < 1.29 is 4.74 Å². The van der Waals surface area contributed by atoms with E-state index in [-0.39, 0.29) is 6.10 Å². The average Bonchev–Trinajstić information content (AvgIpc) is 2.34. The highest BCUT2D eigenvalue weighted by atomic mass is 16.5. The average molecular weight is 264 g/mol. The summed E-state index contributed by atoms with van der Waals surface area (Å²) >= 11 is 0. The van der Waals surface area contributed by atoms with Crippen LogP contribution in [0.15, 0.2) is 24.3 Å². The van der Waals surface area contributed by atoms with Gasteiger partial charge in [0.2, 0.25) is 0 Å². The second-order valence-corrected chi connectivity index (χ2v) is 5.46. The summed E-state index contributed by atoms with van der Waals surface area (Å²) in [7, 11) is 4.24. The van der Waals surface area contributed by atoms with E-state index in [2.05, 4.69) is 50.3 Å². The first kappa shape index (κ1) is 16.0. The summed E-state index contributed by atoms with van der Waals surface area (Å²) in [4.78, 5) is 2.23. The van der Waals surface area contributed by atoms with Crippen LogP contribution in [0.4, 0.5) is 0 Å². The summed E-state index contributed by atoms with van der Waals surface area (Å²) in [6, 6.07) is 8.27. The third-order valence-corrected chi connectivity index (χ3v) is 2.86. The maximum Gasteiger partial charge on any atom is 0.124 e. The van der Waals surface area contributed by atoms with Crippen LogP contribution in [0.25, 0.3) is 0 Å². The van der Waals surface area contributed by atoms with Crippen LogP contribution in [-0.2, 0) is 6.54 Å². The third kappa shape index (κ3) is 7.19. The van der Waals surface area contributed by atoms with E-state index in [1.165, 1.54) is 18.4 Å². The fourth-order valence-electron chi connectivity index (χ4n) is 1.92. The Morgan fingerprint density at radius 3 is 2.58 bits per heavy atom. The van der Waals surface area contributed by atoms with E-state index in [0.29, 0.717) is 0 Å². The Labute approximate surface area is 118 Å². The second kappa shape index (κ2) is 8.94. The zero-order chi connectivity index (χ0) is 14.1. The molecule has 0 bridgehead atoms. The minimum absolute atomic E-state index is 0.223. The van der Waals surface area contributed by atoms with Crippen LogP contribution < -0.4 is 10.1 Å². The quantitative estimate of drug-likeness (QED) is 0.694. The van der Waals surface area contributed by atoms with Gasteiger partial charge in [0.1, 0.15) is 5.75 Å². The predicted molar refractivity (Wildman–Crippen MR) is 81.7 cm³/mol. The van der Waals surface area contributed by atoms with Crippen LogP contribution in [0.2, 0.25) is 0 Å². The van der Waals surface area contributed by atoms with Gasteiger partial charge in [-0.2, -0.15) is 0 Å². The lowest BCUT2D eigenvalue weighted by Gasteiger charge is -2.14. The zero-order valence-corrected chi connectivity index (χ0v) is 12.8. The van der Waals surface area contributed by atoms with Crippen molar-refractivity contribution in [3.63, 3.8) is 0 Å². The number of ether oxygens (including phenoxy) is 1. The standard InChI is InChI=1S/C16H28N2O/c1-14(2)19-16-10-6-5-9-15(16)13-17-11-7-8-12-18(3)4/h5-6,9-10,14,17H,7-8,11-13H2,1-4H3. The molecule has 3 nitrogen and oxygen atoms in total. The molecule has 1 aromatic rings. The maximum atomic E-state index is 5.81. The summed E-state index contributed by atoms with van der Waals surface area (Å²) in [5, 5.41) is 3.49. The number of hydrogen-bond donors (Lipinski definition) is 1. The molecule has 0 unspecified atom stereocenters. The van der Waals surface area contributed by atoms with Crippen molar-refractivity contribution in [2.75, 3.05) is 27.2 Å². The lowest BCUT2D eigenvalue weighted by molar-refractivity contribution is 0.239. The van der Waals surface area contributed by atoms with Gasteiger partial charge in [0, 0.05) is 12.1 Å². The summed E-state index contributed by atoms with van der Waals surface area (Å²) in [6.07, 6.45) is 2.68. The van der Waals surface area contributed by atoms with Gasteiger partial charge in [-0.15, -0.1) is 0 Å². The largest absolute Gasteiger partial charge is 0.491 e. The van der Waals surface area contributed by atoms with Gasteiger partial charge in [-0.1, -0.05) is 18.2 Å². The molecule has 1 aromatic carbocycles. The minimum Gasteiger partial charge on any atom is -0.491 e. The number of rotatable bonds is 9. The van der Waals surface area contributed by atoms with Crippen LogP contribution in [0, 0.1) is 0 Å². The Kier molecular flexibility index (Phi) is 7.53. The first-order valence-corrected chi connectivity index (χ1v) is 7.19. The minimum atomic E-state index is 0.223. The first-order chi connectivity index (χ1) is 9.09. The van der Waals surface area contributed by atoms with E-state index in [9.17, 15) is 0 Å². The van der Waals surface area contributed by atoms with E-state index in [1.807, 2.05) is 12.1 Å². The van der Waals surface area contributed by atoms with Gasteiger partial charge >= 0.3 is 0 Å². The molecule has 3 heteroatoms. The smallest absolute Gasteiger partial charge is 0.124 e. The molecule has 1 N–H and O–H groups in total. The van der Waals surface area contributed by atoms with E-state index in [1.54, 1.807) is 0 Å². The SMILES string of the molecule is CC(C)Oc1ccccc1CNCCCCN(C)C. The number of hydrogen-bond acceptors (Lipinski definition) is 3. The fraction of sp³-hybridized carbons (Fsp3) is 0.625. The second-order valence-electron chi connectivity index (χ2n) is 5.46. The van der Waals surface area contributed by atoms with E-state index >= 15 is 0 Å². The predicted octanol–water partition coefficient (Wildman–Crippen LogP) is 2.91. The highest BCUT2D eigenvalue weighted by Gasteiger charge is 2.04. The lowest BCUT2D eigenvalue weighted by Crippen LogP contribution is -2.18. The van der Waals surface area contributed by atoms with Crippen LogP contribution in [0.3, 0.4) is 0 Å². The van der Waals surface area contributed by atoms with Gasteiger partial charge in [-0.25, -0.2) is 0 Å². The molecule has 0 saturated carbocycles. The Morgan fingerprint density at radius 2 is 1.89 bits per heavy atom. The van der Waals surface area contributed by atoms with Crippen LogP contribution >= 0.6 is 0 Å². The molecule has 0 spiro atoms. The molecule has 0 fully saturated rings. The van der Waals surface area contributed by atoms with Crippen molar-refractivity contribution in [3.8, 4) is 5.75 Å². The van der Waals surface area contributed by atoms with E-state index in [4.69, 9.17) is 4.74 Å². The van der Waals surface area contributed by atoms with Gasteiger partial charge < -0.3 is 15.0 Å². The molecular formula is C16H28N2O. The molecule has 19 heavy (non-hydrogen) atoms. The molecule has 0 heterocycles. The molecule has 0 radical (unpaired) electrons. The topological polar surface area (TPSA) is 24.5 Å². The van der Waals surface area contributed by atoms with Gasteiger partial charge in [-0.05, 0) is 59.9 Å². The Hall–Kier alpha value is -1.06. The van der Waals surface area contributed by atoms with Crippen molar-refractivity contribution in [3.05, 3.63) is 29.8 Å². The molecule has 0 amide bonds. The molecule has 0 aliphatic heterocycles. The van der Waals surface area contributed by atoms with Gasteiger partial charge in [0.15, 0.2) is 0 Å². The molecule has 0 atom stereocenters. The molecule has 0 aromatic heterocycles. The third-order valence-electron chi connectivity index (χ3n) is 2.86. The number of unbranched alkanes of at least 4 members (excludes halogenated alkanes) is 1. The lowest BCUT2D eigenvalue weighted by atomic mass is 10.2. The van der Waals surface area contributed by atoms with Gasteiger partial charge in [-0.3, -0.25) is 0 Å². The van der Waals surface area contributed by atoms with Crippen LogP contribution in [0.5, 0.6) is 5.75 Å². The van der Waals surface area contributed by atoms with Crippen molar-refractivity contribution in [2.24, 2.45) is 0 Å². The highest BCUT2D eigenvalue weighted by Crippen LogP contribution is 2.18. The van der Waals surface area contributed by atoms with Gasteiger partial charge in [0.25, 0.3) is 0 Å². The molecule has 1 rings (SSSR count). The summed E-state index contributed by atoms with van der Waals surface area (Å²) in [5.74, 6) is 0.998. The number of benzene rings is 1. The van der Waals surface area contributed by atoms with Crippen molar-refractivity contribution >= 4 is 0 Å². The summed E-state index contributed by atoms with van der Waals surface area (Å²) < 4.78 is 5.81. The van der Waals surface area contributed by atoms with E-state index in [0.717, 1.165) is 25.4 Å². The Balaban J connectivity index is 2.28. The van der Waals surface area contributed by atoms with Crippen LogP contribution in [0.1, 0.15) is 32.3 Å². The monoisotopic (exact) mass is 264 g/mol. The Bertz CT molecular complexity index is 350. The summed E-state index contributed by atoms with van der Waals surface area (Å²) in [6.45, 7) is 7.22. The van der Waals surface area contributed by atoms with Crippen molar-refractivity contribution in [2.45, 2.75) is 39.3 Å². The van der Waals surface area contributed by atoms with Crippen molar-refractivity contribution in [1.82, 2.24) is 10.2 Å². The van der Waals surface area contributed by atoms with Gasteiger partial charge in [0.05, 0.1) is 6.10 Å². The maximum absolute atomic E-state index is 5.81. The molecule has 108 valence electrons. The van der Waals surface area contributed by atoms with E-state index < -0.39 is 0 Å². The van der Waals surface area contributed by atoms with Crippen LogP contribution in [-0.4, -0.2) is 38.2 Å². The summed E-state index contributed by atoms with van der Waals surface area (Å²) in [5.41, 5.74) is 1.24. The molecule has 0 aliphatic rings. The number of para-hydroxylation sites is 1. The number of nitrogens with zero attached hydrogens (tertiary/aromatic N) is 1.